The monoisotopic (exact) mass is 367 g/mol. The molecule has 0 aliphatic carbocycles. The second-order valence-corrected chi connectivity index (χ2v) is 6.44. The van der Waals surface area contributed by atoms with Crippen LogP contribution in [0.3, 0.4) is 0 Å². The van der Waals surface area contributed by atoms with E-state index in [0.717, 1.165) is 35.6 Å². The SMILES string of the molecule is CCN1C=C(c2ccnc(Nc3ccc(O)cc3)n2)C2CC=NC(Cl)=C21. The summed E-state index contributed by atoms with van der Waals surface area (Å²) in [7, 11) is 0. The fraction of sp³-hybridized carbons (Fsp3) is 0.211. The normalized spacial score (nSPS) is 18.8. The van der Waals surface area contributed by atoms with E-state index in [1.807, 2.05) is 12.3 Å². The average Bonchev–Trinajstić information content (AvgIpc) is 3.04. The lowest BCUT2D eigenvalue weighted by Crippen LogP contribution is -2.19. The van der Waals surface area contributed by atoms with Crippen LogP contribution >= 0.6 is 11.6 Å². The van der Waals surface area contributed by atoms with Gasteiger partial charge in [-0.2, -0.15) is 0 Å². The highest BCUT2D eigenvalue weighted by Crippen LogP contribution is 2.43. The van der Waals surface area contributed by atoms with Crippen LogP contribution in [-0.4, -0.2) is 32.7 Å². The number of rotatable bonds is 4. The van der Waals surface area contributed by atoms with Crippen molar-refractivity contribution in [1.29, 1.82) is 0 Å². The van der Waals surface area contributed by atoms with Crippen molar-refractivity contribution < 1.29 is 5.11 Å². The summed E-state index contributed by atoms with van der Waals surface area (Å²) in [6, 6.07) is 8.69. The minimum absolute atomic E-state index is 0.163. The fourth-order valence-electron chi connectivity index (χ4n) is 3.24. The third-order valence-corrected chi connectivity index (χ3v) is 4.77. The molecule has 0 bridgehead atoms. The van der Waals surface area contributed by atoms with Gasteiger partial charge in [0, 0.05) is 42.3 Å². The molecule has 1 aromatic carbocycles. The topological polar surface area (TPSA) is 73.6 Å². The van der Waals surface area contributed by atoms with E-state index < -0.39 is 0 Å². The molecule has 2 aliphatic rings. The van der Waals surface area contributed by atoms with Crippen molar-refractivity contribution in [3.8, 4) is 5.75 Å². The van der Waals surface area contributed by atoms with Gasteiger partial charge in [0.05, 0.1) is 11.4 Å². The Morgan fingerprint density at radius 3 is 2.85 bits per heavy atom. The molecule has 1 aromatic heterocycles. The summed E-state index contributed by atoms with van der Waals surface area (Å²) in [4.78, 5) is 15.4. The first-order valence-electron chi connectivity index (χ1n) is 8.45. The molecule has 1 atom stereocenters. The van der Waals surface area contributed by atoms with Crippen LogP contribution in [0.15, 0.2) is 58.6 Å². The molecule has 1 unspecified atom stereocenters. The number of aromatic nitrogens is 2. The zero-order valence-corrected chi connectivity index (χ0v) is 15.0. The van der Waals surface area contributed by atoms with Gasteiger partial charge in [0.2, 0.25) is 5.95 Å². The zero-order chi connectivity index (χ0) is 18.1. The molecule has 0 fully saturated rings. The third-order valence-electron chi connectivity index (χ3n) is 4.48. The van der Waals surface area contributed by atoms with Crippen LogP contribution in [-0.2, 0) is 0 Å². The zero-order valence-electron chi connectivity index (χ0n) is 14.2. The van der Waals surface area contributed by atoms with Crippen molar-refractivity contribution in [1.82, 2.24) is 14.9 Å². The lowest BCUT2D eigenvalue weighted by molar-refractivity contribution is 0.471. The van der Waals surface area contributed by atoms with Crippen LogP contribution in [0, 0.1) is 5.92 Å². The minimum atomic E-state index is 0.163. The molecule has 6 nitrogen and oxygen atoms in total. The Morgan fingerprint density at radius 1 is 1.27 bits per heavy atom. The number of aromatic hydroxyl groups is 1. The number of allylic oxidation sites excluding steroid dienone is 1. The maximum atomic E-state index is 9.39. The van der Waals surface area contributed by atoms with E-state index in [1.165, 1.54) is 0 Å². The van der Waals surface area contributed by atoms with E-state index in [1.54, 1.807) is 30.5 Å². The Labute approximate surface area is 156 Å². The highest BCUT2D eigenvalue weighted by atomic mass is 35.5. The number of benzene rings is 1. The maximum absolute atomic E-state index is 9.39. The largest absolute Gasteiger partial charge is 0.508 e. The number of phenolic OH excluding ortho intramolecular Hbond substituents is 1. The van der Waals surface area contributed by atoms with E-state index in [0.29, 0.717) is 11.1 Å². The van der Waals surface area contributed by atoms with Crippen molar-refractivity contribution in [2.24, 2.45) is 10.9 Å². The van der Waals surface area contributed by atoms with E-state index in [9.17, 15) is 5.11 Å². The third kappa shape index (κ3) is 3.04. The van der Waals surface area contributed by atoms with Gasteiger partial charge < -0.3 is 15.3 Å². The molecule has 0 amide bonds. The van der Waals surface area contributed by atoms with Crippen LogP contribution in [0.4, 0.5) is 11.6 Å². The van der Waals surface area contributed by atoms with Gasteiger partial charge in [-0.25, -0.2) is 15.0 Å². The maximum Gasteiger partial charge on any atom is 0.227 e. The number of fused-ring (bicyclic) bond motifs is 1. The Balaban J connectivity index is 1.64. The van der Waals surface area contributed by atoms with Gasteiger partial charge in [-0.15, -0.1) is 0 Å². The van der Waals surface area contributed by atoms with Crippen molar-refractivity contribution in [3.63, 3.8) is 0 Å². The summed E-state index contributed by atoms with van der Waals surface area (Å²) in [6.45, 7) is 2.91. The highest BCUT2D eigenvalue weighted by Gasteiger charge is 2.34. The predicted octanol–water partition coefficient (Wildman–Crippen LogP) is 4.10. The second kappa shape index (κ2) is 6.80. The summed E-state index contributed by atoms with van der Waals surface area (Å²) in [5.41, 5.74) is 3.82. The van der Waals surface area contributed by atoms with Crippen molar-refractivity contribution in [3.05, 3.63) is 59.3 Å². The summed E-state index contributed by atoms with van der Waals surface area (Å²) in [5.74, 6) is 0.887. The smallest absolute Gasteiger partial charge is 0.227 e. The first-order chi connectivity index (χ1) is 12.7. The highest BCUT2D eigenvalue weighted by molar-refractivity contribution is 6.30. The molecule has 7 heteroatoms. The molecule has 26 heavy (non-hydrogen) atoms. The van der Waals surface area contributed by atoms with Gasteiger partial charge in [0.1, 0.15) is 10.9 Å². The Morgan fingerprint density at radius 2 is 2.08 bits per heavy atom. The molecule has 4 rings (SSSR count). The Bertz CT molecular complexity index is 920. The van der Waals surface area contributed by atoms with Gasteiger partial charge in [-0.1, -0.05) is 11.6 Å². The van der Waals surface area contributed by atoms with Crippen molar-refractivity contribution >= 4 is 35.0 Å². The molecule has 2 N–H and O–H groups in total. The van der Waals surface area contributed by atoms with E-state index in [-0.39, 0.29) is 11.7 Å². The lowest BCUT2D eigenvalue weighted by Gasteiger charge is -2.23. The van der Waals surface area contributed by atoms with Gasteiger partial charge in [-0.3, -0.25) is 0 Å². The summed E-state index contributed by atoms with van der Waals surface area (Å²) < 4.78 is 0. The average molecular weight is 368 g/mol. The van der Waals surface area contributed by atoms with Crippen LogP contribution in [0.25, 0.3) is 5.57 Å². The number of phenols is 1. The van der Waals surface area contributed by atoms with Gasteiger partial charge >= 0.3 is 0 Å². The van der Waals surface area contributed by atoms with Crippen LogP contribution < -0.4 is 5.32 Å². The fourth-order valence-corrected chi connectivity index (χ4v) is 3.55. The quantitative estimate of drug-likeness (QED) is 0.628. The molecule has 3 heterocycles. The van der Waals surface area contributed by atoms with E-state index in [2.05, 4.69) is 38.3 Å². The summed E-state index contributed by atoms with van der Waals surface area (Å²) in [5, 5.41) is 13.1. The molecular weight excluding hydrogens is 350 g/mol. The Hall–Kier alpha value is -2.86. The molecule has 0 saturated carbocycles. The van der Waals surface area contributed by atoms with Gasteiger partial charge in [-0.05, 0) is 43.7 Å². The summed E-state index contributed by atoms with van der Waals surface area (Å²) in [6.07, 6.45) is 6.51. The molecular formula is C19H18ClN5O. The first kappa shape index (κ1) is 16.6. The van der Waals surface area contributed by atoms with Crippen LogP contribution in [0.5, 0.6) is 5.75 Å². The number of hydrogen-bond acceptors (Lipinski definition) is 6. The molecule has 2 aromatic rings. The van der Waals surface area contributed by atoms with Gasteiger partial charge in [0.25, 0.3) is 0 Å². The molecule has 132 valence electrons. The minimum Gasteiger partial charge on any atom is -0.508 e. The molecule has 0 spiro atoms. The number of nitrogens with one attached hydrogen (secondary N) is 1. The van der Waals surface area contributed by atoms with Crippen molar-refractivity contribution in [2.45, 2.75) is 13.3 Å². The standard InChI is InChI=1S/C19H18ClN5O/c1-2-25-11-15(14-7-9-21-18(20)17(14)25)16-8-10-22-19(24-16)23-12-3-5-13(26)6-4-12/h3-6,8-11,14,26H,2,7H2,1H3,(H,22,23,24). The van der Waals surface area contributed by atoms with E-state index in [4.69, 9.17) is 11.6 Å². The first-order valence-corrected chi connectivity index (χ1v) is 8.83. The number of halogens is 1. The van der Waals surface area contributed by atoms with Crippen LogP contribution in [0.1, 0.15) is 19.0 Å². The lowest BCUT2D eigenvalue weighted by atomic mass is 9.92. The number of nitrogens with zero attached hydrogens (tertiary/aromatic N) is 4. The number of hydrogen-bond donors (Lipinski definition) is 2. The molecule has 0 radical (unpaired) electrons. The van der Waals surface area contributed by atoms with Gasteiger partial charge in [0.15, 0.2) is 0 Å². The van der Waals surface area contributed by atoms with Crippen molar-refractivity contribution in [2.75, 3.05) is 11.9 Å². The molecule has 2 aliphatic heterocycles. The predicted molar refractivity (Wildman–Crippen MR) is 103 cm³/mol. The van der Waals surface area contributed by atoms with E-state index >= 15 is 0 Å². The second-order valence-electron chi connectivity index (χ2n) is 6.08. The summed E-state index contributed by atoms with van der Waals surface area (Å²) >= 11 is 6.34. The number of anilines is 2. The number of aliphatic imine (C=N–C) groups is 1. The molecule has 0 saturated heterocycles. The Kier molecular flexibility index (Phi) is 4.34. The van der Waals surface area contributed by atoms with Crippen LogP contribution in [0.2, 0.25) is 0 Å².